The summed E-state index contributed by atoms with van der Waals surface area (Å²) < 4.78 is 14.4. The Morgan fingerprint density at radius 2 is 2.07 bits per heavy atom. The SMILES string of the molecule is NC[C@@H]1CCCN(c2ccncc2-c2cc3c(-c4ccccc4F)n[nH]c3cn2)C1. The van der Waals surface area contributed by atoms with E-state index in [9.17, 15) is 4.39 Å². The number of H-pyrrole nitrogens is 1. The largest absolute Gasteiger partial charge is 0.371 e. The third-order valence-corrected chi connectivity index (χ3v) is 5.84. The van der Waals surface area contributed by atoms with Gasteiger partial charge >= 0.3 is 0 Å². The van der Waals surface area contributed by atoms with E-state index in [2.05, 4.69) is 25.1 Å². The molecule has 3 aromatic heterocycles. The average molecular weight is 402 g/mol. The molecule has 1 aromatic carbocycles. The molecular formula is C23H23FN6. The fraction of sp³-hybridized carbons (Fsp3) is 0.261. The van der Waals surface area contributed by atoms with Gasteiger partial charge in [-0.25, -0.2) is 4.39 Å². The highest BCUT2D eigenvalue weighted by Crippen LogP contribution is 2.35. The van der Waals surface area contributed by atoms with Crippen molar-refractivity contribution in [2.24, 2.45) is 11.7 Å². The van der Waals surface area contributed by atoms with E-state index in [1.54, 1.807) is 18.3 Å². The second-order valence-electron chi connectivity index (χ2n) is 7.75. The molecule has 1 aliphatic rings. The zero-order chi connectivity index (χ0) is 20.5. The molecule has 5 rings (SSSR count). The van der Waals surface area contributed by atoms with Crippen molar-refractivity contribution in [3.8, 4) is 22.5 Å². The first-order chi connectivity index (χ1) is 14.7. The molecule has 30 heavy (non-hydrogen) atoms. The van der Waals surface area contributed by atoms with Gasteiger partial charge in [-0.05, 0) is 49.6 Å². The van der Waals surface area contributed by atoms with Gasteiger partial charge in [-0.2, -0.15) is 5.10 Å². The molecule has 0 aliphatic carbocycles. The zero-order valence-corrected chi connectivity index (χ0v) is 16.6. The van der Waals surface area contributed by atoms with Gasteiger partial charge in [0.1, 0.15) is 11.5 Å². The van der Waals surface area contributed by atoms with Gasteiger partial charge in [0.25, 0.3) is 0 Å². The first-order valence-electron chi connectivity index (χ1n) is 10.2. The van der Waals surface area contributed by atoms with Gasteiger partial charge in [0.15, 0.2) is 0 Å². The average Bonchev–Trinajstić information content (AvgIpc) is 3.22. The molecule has 1 saturated heterocycles. The molecule has 1 atom stereocenters. The Labute approximate surface area is 174 Å². The maximum absolute atomic E-state index is 14.4. The minimum absolute atomic E-state index is 0.299. The van der Waals surface area contributed by atoms with E-state index in [1.165, 1.54) is 12.5 Å². The zero-order valence-electron chi connectivity index (χ0n) is 16.6. The molecule has 0 saturated carbocycles. The van der Waals surface area contributed by atoms with E-state index >= 15 is 0 Å². The Morgan fingerprint density at radius 1 is 1.17 bits per heavy atom. The summed E-state index contributed by atoms with van der Waals surface area (Å²) in [5, 5.41) is 8.15. The quantitative estimate of drug-likeness (QED) is 0.539. The lowest BCUT2D eigenvalue weighted by Gasteiger charge is -2.34. The summed E-state index contributed by atoms with van der Waals surface area (Å²) in [6.07, 6.45) is 7.69. The smallest absolute Gasteiger partial charge is 0.132 e. The number of piperidine rings is 1. The number of aromatic amines is 1. The summed E-state index contributed by atoms with van der Waals surface area (Å²) in [7, 11) is 0. The van der Waals surface area contributed by atoms with Crippen LogP contribution in [0.3, 0.4) is 0 Å². The Hall–Kier alpha value is -3.32. The predicted molar refractivity (Wildman–Crippen MR) is 117 cm³/mol. The van der Waals surface area contributed by atoms with Crippen LogP contribution in [0.4, 0.5) is 10.1 Å². The van der Waals surface area contributed by atoms with Crippen LogP contribution in [0, 0.1) is 11.7 Å². The van der Waals surface area contributed by atoms with Gasteiger partial charge in [-0.3, -0.25) is 15.1 Å². The number of hydrogen-bond acceptors (Lipinski definition) is 5. The van der Waals surface area contributed by atoms with E-state index in [-0.39, 0.29) is 5.82 Å². The fourth-order valence-electron chi connectivity index (χ4n) is 4.26. The molecule has 6 nitrogen and oxygen atoms in total. The number of nitrogens with zero attached hydrogens (tertiary/aromatic N) is 4. The molecule has 4 heterocycles. The normalized spacial score (nSPS) is 16.9. The molecule has 0 unspecified atom stereocenters. The van der Waals surface area contributed by atoms with Crippen LogP contribution in [-0.2, 0) is 0 Å². The third-order valence-electron chi connectivity index (χ3n) is 5.84. The van der Waals surface area contributed by atoms with Gasteiger partial charge in [0.05, 0.1) is 17.4 Å². The Kier molecular flexibility index (Phi) is 4.88. The summed E-state index contributed by atoms with van der Waals surface area (Å²) >= 11 is 0. The second-order valence-corrected chi connectivity index (χ2v) is 7.75. The van der Waals surface area contributed by atoms with Crippen LogP contribution in [0.5, 0.6) is 0 Å². The van der Waals surface area contributed by atoms with Crippen molar-refractivity contribution >= 4 is 16.6 Å². The molecule has 0 radical (unpaired) electrons. The van der Waals surface area contributed by atoms with Gasteiger partial charge < -0.3 is 10.6 Å². The number of hydrogen-bond donors (Lipinski definition) is 2. The van der Waals surface area contributed by atoms with Gasteiger partial charge in [0.2, 0.25) is 0 Å². The summed E-state index contributed by atoms with van der Waals surface area (Å²) in [5.41, 5.74) is 10.6. The molecule has 1 fully saturated rings. The Bertz CT molecular complexity index is 1190. The van der Waals surface area contributed by atoms with E-state index in [0.717, 1.165) is 47.4 Å². The van der Waals surface area contributed by atoms with Crippen LogP contribution in [0.1, 0.15) is 12.8 Å². The van der Waals surface area contributed by atoms with Crippen LogP contribution in [0.25, 0.3) is 33.4 Å². The van der Waals surface area contributed by atoms with E-state index in [0.29, 0.717) is 23.7 Å². The number of nitrogens with two attached hydrogens (primary N) is 1. The number of aromatic nitrogens is 4. The second kappa shape index (κ2) is 7.84. The van der Waals surface area contributed by atoms with E-state index in [1.807, 2.05) is 30.6 Å². The first-order valence-corrected chi connectivity index (χ1v) is 10.2. The van der Waals surface area contributed by atoms with Gasteiger partial charge in [0, 0.05) is 47.7 Å². The number of anilines is 1. The van der Waals surface area contributed by atoms with Crippen molar-refractivity contribution in [3.63, 3.8) is 0 Å². The highest BCUT2D eigenvalue weighted by Gasteiger charge is 2.22. The first kappa shape index (κ1) is 18.7. The highest BCUT2D eigenvalue weighted by molar-refractivity contribution is 5.95. The molecule has 4 aromatic rings. The molecule has 0 spiro atoms. The number of halogens is 1. The lowest BCUT2D eigenvalue weighted by atomic mass is 9.97. The number of nitrogens with one attached hydrogen (secondary N) is 1. The lowest BCUT2D eigenvalue weighted by molar-refractivity contribution is 0.424. The monoisotopic (exact) mass is 402 g/mol. The summed E-state index contributed by atoms with van der Waals surface area (Å²) in [5.74, 6) is 0.198. The molecule has 0 amide bonds. The maximum Gasteiger partial charge on any atom is 0.132 e. The van der Waals surface area contributed by atoms with Crippen molar-refractivity contribution in [3.05, 3.63) is 60.8 Å². The van der Waals surface area contributed by atoms with Gasteiger partial charge in [-0.1, -0.05) is 12.1 Å². The van der Waals surface area contributed by atoms with Crippen LogP contribution in [-0.4, -0.2) is 39.8 Å². The minimum Gasteiger partial charge on any atom is -0.371 e. The molecule has 0 bridgehead atoms. The Morgan fingerprint density at radius 3 is 2.93 bits per heavy atom. The number of pyridine rings is 2. The summed E-state index contributed by atoms with van der Waals surface area (Å²) in [4.78, 5) is 11.4. The summed E-state index contributed by atoms with van der Waals surface area (Å²) in [6.45, 7) is 2.62. The predicted octanol–water partition coefficient (Wildman–Crippen LogP) is 4.00. The van der Waals surface area contributed by atoms with Crippen molar-refractivity contribution in [1.82, 2.24) is 20.2 Å². The van der Waals surface area contributed by atoms with Crippen molar-refractivity contribution < 1.29 is 4.39 Å². The number of benzene rings is 1. The van der Waals surface area contributed by atoms with Crippen LogP contribution in [0.2, 0.25) is 0 Å². The maximum atomic E-state index is 14.4. The van der Waals surface area contributed by atoms with Crippen molar-refractivity contribution in [1.29, 1.82) is 0 Å². The molecule has 1 aliphatic heterocycles. The topological polar surface area (TPSA) is 83.7 Å². The fourth-order valence-corrected chi connectivity index (χ4v) is 4.26. The van der Waals surface area contributed by atoms with Crippen LogP contribution in [0.15, 0.2) is 55.0 Å². The minimum atomic E-state index is -0.299. The number of fused-ring (bicyclic) bond motifs is 1. The summed E-state index contributed by atoms with van der Waals surface area (Å²) in [6, 6.07) is 10.7. The van der Waals surface area contributed by atoms with E-state index in [4.69, 9.17) is 5.73 Å². The van der Waals surface area contributed by atoms with Crippen LogP contribution < -0.4 is 10.6 Å². The highest BCUT2D eigenvalue weighted by atomic mass is 19.1. The molecular weight excluding hydrogens is 379 g/mol. The molecule has 3 N–H and O–H groups in total. The van der Waals surface area contributed by atoms with E-state index < -0.39 is 0 Å². The lowest BCUT2D eigenvalue weighted by Crippen LogP contribution is -2.38. The standard InChI is InChI=1S/C23H23FN6/c24-19-6-2-1-5-16(19)23-17-10-20(27-13-21(17)28-29-23)18-12-26-8-7-22(18)30-9-3-4-15(11-25)14-30/h1-2,5-8,10,12-13,15H,3-4,9,11,14,25H2,(H,28,29)/t15-/m0/s1. The molecule has 152 valence electrons. The molecule has 7 heteroatoms. The van der Waals surface area contributed by atoms with Gasteiger partial charge in [-0.15, -0.1) is 0 Å². The van der Waals surface area contributed by atoms with Crippen LogP contribution >= 0.6 is 0 Å². The number of rotatable bonds is 4. The van der Waals surface area contributed by atoms with Crippen molar-refractivity contribution in [2.75, 3.05) is 24.5 Å². The third kappa shape index (κ3) is 3.31. The van der Waals surface area contributed by atoms with Crippen molar-refractivity contribution in [2.45, 2.75) is 12.8 Å². The Balaban J connectivity index is 1.59.